The van der Waals surface area contributed by atoms with Gasteiger partial charge in [0.15, 0.2) is 5.65 Å². The highest BCUT2D eigenvalue weighted by Crippen LogP contribution is 2.25. The Hall–Kier alpha value is -4.26. The fourth-order valence-electron chi connectivity index (χ4n) is 3.59. The number of carbonyl (C=O) groups excluding carboxylic acids is 1. The molecule has 2 aromatic carbocycles. The van der Waals surface area contributed by atoms with Crippen molar-refractivity contribution in [3.05, 3.63) is 90.4 Å². The summed E-state index contributed by atoms with van der Waals surface area (Å²) in [6.45, 7) is 2.91. The molecule has 0 radical (unpaired) electrons. The number of nitrogens with zero attached hydrogens (tertiary/aromatic N) is 4. The maximum Gasteiger partial charge on any atom is 0.252 e. The van der Waals surface area contributed by atoms with E-state index >= 15 is 0 Å². The molecular formula is C25H21N5O2. The molecule has 5 aromatic rings. The number of oxazole rings is 1. The second-order valence-electron chi connectivity index (χ2n) is 7.31. The summed E-state index contributed by atoms with van der Waals surface area (Å²) in [4.78, 5) is 22.4. The minimum absolute atomic E-state index is 0.213. The second-order valence-corrected chi connectivity index (χ2v) is 7.31. The van der Waals surface area contributed by atoms with E-state index in [4.69, 9.17) is 9.40 Å². The van der Waals surface area contributed by atoms with Crippen molar-refractivity contribution in [2.45, 2.75) is 20.0 Å². The van der Waals surface area contributed by atoms with E-state index in [1.54, 1.807) is 17.1 Å². The largest absolute Gasteiger partial charge is 0.444 e. The third-order valence-electron chi connectivity index (χ3n) is 5.23. The summed E-state index contributed by atoms with van der Waals surface area (Å²) in [5.41, 5.74) is 4.42. The number of nitrogens with one attached hydrogen (secondary N) is 1. The lowest BCUT2D eigenvalue weighted by molar-refractivity contribution is 0.0952. The number of pyridine rings is 1. The molecule has 0 unspecified atom stereocenters. The number of aromatic nitrogens is 4. The van der Waals surface area contributed by atoms with Crippen LogP contribution in [0.25, 0.3) is 33.7 Å². The van der Waals surface area contributed by atoms with E-state index in [0.29, 0.717) is 34.7 Å². The van der Waals surface area contributed by atoms with Gasteiger partial charge in [0.25, 0.3) is 5.91 Å². The van der Waals surface area contributed by atoms with Crippen LogP contribution in [-0.2, 0) is 13.1 Å². The molecule has 3 heterocycles. The highest BCUT2D eigenvalue weighted by atomic mass is 16.3. The van der Waals surface area contributed by atoms with Crippen molar-refractivity contribution in [3.8, 4) is 22.7 Å². The zero-order valence-corrected chi connectivity index (χ0v) is 17.5. The van der Waals surface area contributed by atoms with Crippen molar-refractivity contribution in [2.75, 3.05) is 0 Å². The molecule has 0 fully saturated rings. The Kier molecular flexibility index (Phi) is 5.21. The summed E-state index contributed by atoms with van der Waals surface area (Å²) in [6, 6.07) is 21.3. The Labute approximate surface area is 184 Å². The minimum atomic E-state index is -0.213. The van der Waals surface area contributed by atoms with Crippen LogP contribution in [0.3, 0.4) is 0 Å². The Bertz CT molecular complexity index is 1370. The van der Waals surface area contributed by atoms with Crippen molar-refractivity contribution in [3.63, 3.8) is 0 Å². The van der Waals surface area contributed by atoms with Gasteiger partial charge in [-0.3, -0.25) is 4.79 Å². The van der Waals surface area contributed by atoms with Gasteiger partial charge in [-0.15, -0.1) is 0 Å². The highest BCUT2D eigenvalue weighted by Gasteiger charge is 2.17. The van der Waals surface area contributed by atoms with Crippen LogP contribution in [0, 0.1) is 0 Å². The molecule has 1 N–H and O–H groups in total. The molecule has 32 heavy (non-hydrogen) atoms. The molecule has 0 saturated heterocycles. The minimum Gasteiger partial charge on any atom is -0.444 e. The number of fused-ring (bicyclic) bond motifs is 1. The smallest absolute Gasteiger partial charge is 0.252 e. The average Bonchev–Trinajstić information content (AvgIpc) is 3.50. The first-order valence-electron chi connectivity index (χ1n) is 10.4. The molecule has 5 rings (SSSR count). The van der Waals surface area contributed by atoms with Crippen molar-refractivity contribution >= 4 is 16.9 Å². The van der Waals surface area contributed by atoms with Crippen LogP contribution in [0.2, 0.25) is 0 Å². The Balaban J connectivity index is 1.43. The second kappa shape index (κ2) is 8.47. The first-order chi connectivity index (χ1) is 15.7. The van der Waals surface area contributed by atoms with Crippen LogP contribution in [0.1, 0.15) is 23.0 Å². The molecule has 0 atom stereocenters. The van der Waals surface area contributed by atoms with Gasteiger partial charge in [0, 0.05) is 17.7 Å². The Morgan fingerprint density at radius 2 is 1.72 bits per heavy atom. The summed E-state index contributed by atoms with van der Waals surface area (Å²) in [5, 5.41) is 8.06. The van der Waals surface area contributed by atoms with Gasteiger partial charge in [-0.1, -0.05) is 48.5 Å². The lowest BCUT2D eigenvalue weighted by Crippen LogP contribution is -2.23. The van der Waals surface area contributed by atoms with Crippen LogP contribution in [0.5, 0.6) is 0 Å². The molecule has 0 bridgehead atoms. The van der Waals surface area contributed by atoms with Crippen LogP contribution in [-0.4, -0.2) is 25.7 Å². The normalized spacial score (nSPS) is 11.0. The van der Waals surface area contributed by atoms with Gasteiger partial charge in [-0.2, -0.15) is 5.10 Å². The van der Waals surface area contributed by atoms with Crippen molar-refractivity contribution in [1.82, 2.24) is 25.1 Å². The van der Waals surface area contributed by atoms with Crippen LogP contribution < -0.4 is 5.32 Å². The molecule has 7 heteroatoms. The molecule has 3 aromatic heterocycles. The average molecular weight is 423 g/mol. The van der Waals surface area contributed by atoms with E-state index in [1.165, 1.54) is 0 Å². The van der Waals surface area contributed by atoms with Crippen LogP contribution in [0.15, 0.2) is 83.6 Å². The molecule has 0 aliphatic carbocycles. The predicted molar refractivity (Wildman–Crippen MR) is 122 cm³/mol. The van der Waals surface area contributed by atoms with Crippen molar-refractivity contribution in [2.24, 2.45) is 0 Å². The van der Waals surface area contributed by atoms with Gasteiger partial charge in [-0.05, 0) is 25.1 Å². The van der Waals surface area contributed by atoms with E-state index in [9.17, 15) is 4.79 Å². The number of benzene rings is 2. The molecule has 0 spiro atoms. The molecule has 0 aliphatic heterocycles. The molecule has 158 valence electrons. The quantitative estimate of drug-likeness (QED) is 0.428. The molecule has 0 saturated carbocycles. The number of amides is 1. The first kappa shape index (κ1) is 19.7. The maximum absolute atomic E-state index is 13.2. The van der Waals surface area contributed by atoms with E-state index in [-0.39, 0.29) is 12.5 Å². The number of rotatable bonds is 6. The van der Waals surface area contributed by atoms with Crippen molar-refractivity contribution in [1.29, 1.82) is 0 Å². The molecule has 1 amide bonds. The summed E-state index contributed by atoms with van der Waals surface area (Å²) < 4.78 is 7.36. The lowest BCUT2D eigenvalue weighted by atomic mass is 10.1. The Morgan fingerprint density at radius 3 is 2.44 bits per heavy atom. The van der Waals surface area contributed by atoms with Gasteiger partial charge >= 0.3 is 0 Å². The van der Waals surface area contributed by atoms with Gasteiger partial charge in [0.2, 0.25) is 5.89 Å². The summed E-state index contributed by atoms with van der Waals surface area (Å²) in [7, 11) is 0. The summed E-state index contributed by atoms with van der Waals surface area (Å²) in [5.74, 6) is 0.311. The molecular weight excluding hydrogens is 402 g/mol. The first-order valence-corrected chi connectivity index (χ1v) is 10.4. The molecule has 0 aliphatic rings. The topological polar surface area (TPSA) is 85.8 Å². The maximum atomic E-state index is 13.2. The summed E-state index contributed by atoms with van der Waals surface area (Å²) >= 11 is 0. The van der Waals surface area contributed by atoms with E-state index in [2.05, 4.69) is 15.4 Å². The molecule has 7 nitrogen and oxygen atoms in total. The summed E-state index contributed by atoms with van der Waals surface area (Å²) in [6.07, 6.45) is 3.26. The predicted octanol–water partition coefficient (Wildman–Crippen LogP) is 4.70. The van der Waals surface area contributed by atoms with Gasteiger partial charge in [-0.25, -0.2) is 14.6 Å². The van der Waals surface area contributed by atoms with E-state index in [1.807, 2.05) is 73.7 Å². The standard InChI is InChI=1S/C25H21N5O2/c1-2-30-23-21(15-27-30)20(13-22(29-23)17-9-5-3-6-10-17)24(31)26-14-19-16-32-25(28-19)18-11-7-4-8-12-18/h3-13,15-16H,2,14H2,1H3,(H,26,31). The SMILES string of the molecule is CCn1ncc2c(C(=O)NCc3coc(-c4ccccc4)n3)cc(-c3ccccc3)nc21. The number of hydrogen-bond donors (Lipinski definition) is 1. The van der Waals surface area contributed by atoms with Gasteiger partial charge in [0.05, 0.1) is 35.1 Å². The number of hydrogen-bond acceptors (Lipinski definition) is 5. The fraction of sp³-hybridized carbons (Fsp3) is 0.120. The van der Waals surface area contributed by atoms with Crippen LogP contribution in [0.4, 0.5) is 0 Å². The van der Waals surface area contributed by atoms with Crippen molar-refractivity contribution < 1.29 is 9.21 Å². The monoisotopic (exact) mass is 423 g/mol. The third kappa shape index (κ3) is 3.76. The fourth-order valence-corrected chi connectivity index (χ4v) is 3.59. The third-order valence-corrected chi connectivity index (χ3v) is 5.23. The highest BCUT2D eigenvalue weighted by molar-refractivity contribution is 6.06. The van der Waals surface area contributed by atoms with Gasteiger partial charge in [0.1, 0.15) is 6.26 Å². The van der Waals surface area contributed by atoms with Gasteiger partial charge < -0.3 is 9.73 Å². The number of carbonyl (C=O) groups is 1. The van der Waals surface area contributed by atoms with E-state index in [0.717, 1.165) is 16.8 Å². The number of aryl methyl sites for hydroxylation is 1. The van der Waals surface area contributed by atoms with Crippen LogP contribution >= 0.6 is 0 Å². The lowest BCUT2D eigenvalue weighted by Gasteiger charge is -2.09. The zero-order valence-electron chi connectivity index (χ0n) is 17.5. The Morgan fingerprint density at radius 1 is 1.00 bits per heavy atom. The van der Waals surface area contributed by atoms with E-state index < -0.39 is 0 Å². The zero-order chi connectivity index (χ0) is 21.9.